The first kappa shape index (κ1) is 29.4. The predicted octanol–water partition coefficient (Wildman–Crippen LogP) is 4.16. The van der Waals surface area contributed by atoms with Crippen LogP contribution in [0.3, 0.4) is 0 Å². The SMILES string of the molecule is Cc1noc(CN(CC(Oc2ccc(F)c(C(N)=O)c2F)c2nc(-c3ccc(C(F)(F)F)cc3)c(Br)o2)C(=O)[O-])n1. The van der Waals surface area contributed by atoms with Gasteiger partial charge in [0.1, 0.15) is 23.2 Å². The van der Waals surface area contributed by atoms with E-state index in [0.717, 1.165) is 30.3 Å². The van der Waals surface area contributed by atoms with E-state index in [9.17, 15) is 36.6 Å². The third kappa shape index (κ3) is 6.62. The number of carbonyl (C=O) groups is 2. The number of carboxylic acid groups (broad SMARTS) is 1. The van der Waals surface area contributed by atoms with Gasteiger partial charge in [-0.15, -0.1) is 0 Å². The zero-order chi connectivity index (χ0) is 30.1. The molecule has 0 spiro atoms. The number of carbonyl (C=O) groups excluding carboxylic acids is 2. The average molecular weight is 645 g/mol. The van der Waals surface area contributed by atoms with E-state index in [0.29, 0.717) is 11.0 Å². The quantitative estimate of drug-likeness (QED) is 0.264. The van der Waals surface area contributed by atoms with Crippen LogP contribution in [0.4, 0.5) is 26.7 Å². The van der Waals surface area contributed by atoms with Crippen molar-refractivity contribution in [1.82, 2.24) is 20.0 Å². The highest BCUT2D eigenvalue weighted by Crippen LogP contribution is 2.36. The summed E-state index contributed by atoms with van der Waals surface area (Å²) < 4.78 is 84.0. The molecule has 2 aromatic heterocycles. The number of primary amides is 1. The van der Waals surface area contributed by atoms with Crippen LogP contribution in [0.5, 0.6) is 5.75 Å². The topological polar surface area (TPSA) is 161 Å². The summed E-state index contributed by atoms with van der Waals surface area (Å²) in [6.07, 6.45) is -7.93. The van der Waals surface area contributed by atoms with Gasteiger partial charge in [-0.05, 0) is 47.1 Å². The Morgan fingerprint density at radius 1 is 1.15 bits per heavy atom. The number of halogens is 6. The van der Waals surface area contributed by atoms with Gasteiger partial charge in [0.2, 0.25) is 11.8 Å². The summed E-state index contributed by atoms with van der Waals surface area (Å²) in [4.78, 5) is 32.2. The van der Waals surface area contributed by atoms with E-state index in [2.05, 4.69) is 31.1 Å². The van der Waals surface area contributed by atoms with E-state index < -0.39 is 65.9 Å². The van der Waals surface area contributed by atoms with Crippen molar-refractivity contribution in [2.24, 2.45) is 5.73 Å². The van der Waals surface area contributed by atoms with Crippen molar-refractivity contribution < 1.29 is 50.3 Å². The van der Waals surface area contributed by atoms with Gasteiger partial charge in [0.25, 0.3) is 5.91 Å². The summed E-state index contributed by atoms with van der Waals surface area (Å²) in [5, 5.41) is 15.5. The molecule has 0 aliphatic carbocycles. The van der Waals surface area contributed by atoms with Gasteiger partial charge in [0.05, 0.1) is 18.7 Å². The zero-order valence-electron chi connectivity index (χ0n) is 20.5. The van der Waals surface area contributed by atoms with Crippen molar-refractivity contribution >= 4 is 27.9 Å². The van der Waals surface area contributed by atoms with E-state index in [4.69, 9.17) is 19.4 Å². The van der Waals surface area contributed by atoms with Crippen LogP contribution in [-0.2, 0) is 12.7 Å². The fourth-order valence-corrected chi connectivity index (χ4v) is 4.07. The molecule has 2 heterocycles. The van der Waals surface area contributed by atoms with Gasteiger partial charge < -0.3 is 34.2 Å². The van der Waals surface area contributed by atoms with Crippen LogP contribution in [0.2, 0.25) is 0 Å². The van der Waals surface area contributed by atoms with Crippen molar-refractivity contribution in [3.05, 3.63) is 81.4 Å². The normalized spacial score (nSPS) is 12.3. The van der Waals surface area contributed by atoms with E-state index >= 15 is 0 Å². The molecule has 2 N–H and O–H groups in total. The number of nitrogens with zero attached hydrogens (tertiary/aromatic N) is 4. The Morgan fingerprint density at radius 3 is 2.39 bits per heavy atom. The van der Waals surface area contributed by atoms with Gasteiger partial charge in [-0.2, -0.15) is 18.2 Å². The molecule has 216 valence electrons. The molecule has 1 unspecified atom stereocenters. The number of rotatable bonds is 9. The number of benzene rings is 2. The Morgan fingerprint density at radius 2 is 1.83 bits per heavy atom. The molecular weight excluding hydrogens is 629 g/mol. The standard InChI is InChI=1S/C24H17BrF5N5O6/c1-10-32-16(41-34-10)9-35(23(37)38)8-15(39-14-7-6-13(26)17(18(14)27)21(31)36)22-33-19(20(25)40-22)11-2-4-12(5-3-11)24(28,29)30/h2-7,15H,8-9H2,1H3,(H2,31,36)(H,37,38)/p-1. The van der Waals surface area contributed by atoms with Crippen molar-refractivity contribution in [1.29, 1.82) is 0 Å². The fourth-order valence-electron chi connectivity index (χ4n) is 3.59. The van der Waals surface area contributed by atoms with Gasteiger partial charge in [0, 0.05) is 5.56 Å². The zero-order valence-corrected chi connectivity index (χ0v) is 22.1. The third-order valence-corrected chi connectivity index (χ3v) is 6.01. The first-order chi connectivity index (χ1) is 19.2. The summed E-state index contributed by atoms with van der Waals surface area (Å²) in [6.45, 7) is 0.309. The first-order valence-electron chi connectivity index (χ1n) is 11.3. The van der Waals surface area contributed by atoms with Crippen LogP contribution in [0.15, 0.2) is 50.0 Å². The van der Waals surface area contributed by atoms with E-state index in [-0.39, 0.29) is 33.5 Å². The summed E-state index contributed by atoms with van der Waals surface area (Å²) in [5.74, 6) is -5.22. The number of ether oxygens (including phenoxy) is 1. The molecule has 0 bridgehead atoms. The number of alkyl halides is 3. The highest BCUT2D eigenvalue weighted by atomic mass is 79.9. The summed E-state index contributed by atoms with van der Waals surface area (Å²) in [7, 11) is 0. The number of hydrogen-bond donors (Lipinski definition) is 1. The van der Waals surface area contributed by atoms with Gasteiger partial charge >= 0.3 is 6.18 Å². The number of amides is 2. The minimum absolute atomic E-state index is 0.00717. The molecule has 0 saturated carbocycles. The van der Waals surface area contributed by atoms with Gasteiger partial charge in [0.15, 0.2) is 28.2 Å². The Kier molecular flexibility index (Phi) is 8.27. The Balaban J connectivity index is 1.74. The highest BCUT2D eigenvalue weighted by Gasteiger charge is 2.32. The molecule has 0 aliphatic heterocycles. The number of hydrogen-bond acceptors (Lipinski definition) is 9. The Hall–Kier alpha value is -4.54. The van der Waals surface area contributed by atoms with Gasteiger partial charge in [-0.3, -0.25) is 4.79 Å². The van der Waals surface area contributed by atoms with E-state index in [1.807, 2.05) is 0 Å². The molecule has 0 radical (unpaired) electrons. The highest BCUT2D eigenvalue weighted by molar-refractivity contribution is 9.10. The molecule has 2 aromatic carbocycles. The molecule has 4 aromatic rings. The second kappa shape index (κ2) is 11.5. The Labute approximate surface area is 234 Å². The van der Waals surface area contributed by atoms with Crippen LogP contribution in [0.1, 0.15) is 39.6 Å². The molecule has 17 heteroatoms. The van der Waals surface area contributed by atoms with E-state index in [1.54, 1.807) is 0 Å². The van der Waals surface area contributed by atoms with Crippen molar-refractivity contribution in [2.75, 3.05) is 6.54 Å². The average Bonchev–Trinajstić information content (AvgIpc) is 3.48. The van der Waals surface area contributed by atoms with Crippen LogP contribution in [-0.4, -0.2) is 38.6 Å². The minimum Gasteiger partial charge on any atom is -0.530 e. The summed E-state index contributed by atoms with van der Waals surface area (Å²) in [5.41, 5.74) is 3.19. The molecule has 1 atom stereocenters. The third-order valence-electron chi connectivity index (χ3n) is 5.47. The number of oxazole rings is 1. The number of nitrogens with two attached hydrogens (primary N) is 1. The summed E-state index contributed by atoms with van der Waals surface area (Å²) >= 11 is 3.10. The molecule has 0 fully saturated rings. The molecular formula is C24H16BrF5N5O6-. The second-order valence-electron chi connectivity index (χ2n) is 8.34. The molecule has 0 aliphatic rings. The number of aromatic nitrogens is 3. The Bertz CT molecular complexity index is 1590. The molecule has 0 saturated heterocycles. The lowest BCUT2D eigenvalue weighted by Gasteiger charge is -2.27. The smallest absolute Gasteiger partial charge is 0.416 e. The van der Waals surface area contributed by atoms with Crippen LogP contribution < -0.4 is 15.6 Å². The lowest BCUT2D eigenvalue weighted by atomic mass is 10.1. The van der Waals surface area contributed by atoms with E-state index in [1.165, 1.54) is 6.92 Å². The number of aryl methyl sites for hydroxylation is 1. The fraction of sp³-hybridized carbons (Fsp3) is 0.208. The van der Waals surface area contributed by atoms with Gasteiger partial charge in [-0.25, -0.2) is 13.8 Å². The second-order valence-corrected chi connectivity index (χ2v) is 9.06. The first-order valence-corrected chi connectivity index (χ1v) is 12.1. The molecule has 2 amide bonds. The maximum Gasteiger partial charge on any atom is 0.416 e. The van der Waals surface area contributed by atoms with Crippen molar-refractivity contribution in [3.8, 4) is 17.0 Å². The minimum atomic E-state index is -4.59. The lowest BCUT2D eigenvalue weighted by molar-refractivity contribution is -0.267. The van der Waals surface area contributed by atoms with Gasteiger partial charge in [-0.1, -0.05) is 17.3 Å². The van der Waals surface area contributed by atoms with Crippen LogP contribution in [0, 0.1) is 18.6 Å². The largest absolute Gasteiger partial charge is 0.530 e. The monoisotopic (exact) mass is 644 g/mol. The molecule has 41 heavy (non-hydrogen) atoms. The molecule has 11 nitrogen and oxygen atoms in total. The molecule has 4 rings (SSSR count). The van der Waals surface area contributed by atoms with Crippen LogP contribution >= 0.6 is 15.9 Å². The summed E-state index contributed by atoms with van der Waals surface area (Å²) in [6, 6.07) is 5.39. The lowest BCUT2D eigenvalue weighted by Crippen LogP contribution is -2.43. The van der Waals surface area contributed by atoms with Crippen LogP contribution in [0.25, 0.3) is 11.3 Å². The maximum absolute atomic E-state index is 15.0. The predicted molar refractivity (Wildman–Crippen MR) is 128 cm³/mol. The van der Waals surface area contributed by atoms with Crippen molar-refractivity contribution in [3.63, 3.8) is 0 Å². The maximum atomic E-state index is 15.0. The van der Waals surface area contributed by atoms with Crippen molar-refractivity contribution in [2.45, 2.75) is 25.7 Å².